The number of rotatable bonds is 10. The van der Waals surface area contributed by atoms with Crippen molar-refractivity contribution in [3.63, 3.8) is 0 Å². The summed E-state index contributed by atoms with van der Waals surface area (Å²) < 4.78 is 40.8. The number of aromatic amines is 1. The first-order chi connectivity index (χ1) is 16.1. The molecule has 33 heavy (non-hydrogen) atoms. The lowest BCUT2D eigenvalue weighted by atomic mass is 10.2. The van der Waals surface area contributed by atoms with Crippen molar-refractivity contribution in [2.75, 3.05) is 11.9 Å². The molecule has 0 atom stereocenters. The van der Waals surface area contributed by atoms with E-state index in [1.807, 2.05) is 30.3 Å². The van der Waals surface area contributed by atoms with Crippen LogP contribution >= 0.6 is 0 Å². The summed E-state index contributed by atoms with van der Waals surface area (Å²) in [5, 5.41) is 10.4. The molecule has 4 rings (SSSR count). The number of anilines is 1. The van der Waals surface area contributed by atoms with Crippen LogP contribution in [0, 0.1) is 0 Å². The van der Waals surface area contributed by atoms with Gasteiger partial charge in [-0.1, -0.05) is 48.5 Å². The van der Waals surface area contributed by atoms with Crippen LogP contribution < -0.4 is 14.8 Å². The Labute approximate surface area is 188 Å². The van der Waals surface area contributed by atoms with Crippen LogP contribution in [-0.2, 0) is 22.7 Å². The van der Waals surface area contributed by atoms with Crippen molar-refractivity contribution in [2.24, 2.45) is 0 Å². The summed E-state index contributed by atoms with van der Waals surface area (Å²) in [7, 11) is 0. The molecule has 1 heterocycles. The average molecular weight is 453 g/mol. The molecule has 0 radical (unpaired) electrons. The van der Waals surface area contributed by atoms with Gasteiger partial charge in [-0.2, -0.15) is 13.9 Å². The van der Waals surface area contributed by atoms with Gasteiger partial charge in [-0.05, 0) is 23.8 Å². The zero-order chi connectivity index (χ0) is 23.0. The van der Waals surface area contributed by atoms with Crippen LogP contribution in [0.5, 0.6) is 11.5 Å². The van der Waals surface area contributed by atoms with Gasteiger partial charge in [0.15, 0.2) is 5.82 Å². The predicted molar refractivity (Wildman–Crippen MR) is 118 cm³/mol. The fourth-order valence-electron chi connectivity index (χ4n) is 3.18. The molecule has 0 aliphatic rings. The molecule has 0 saturated heterocycles. The Morgan fingerprint density at radius 1 is 1.00 bits per heavy atom. The molecule has 0 saturated carbocycles. The fraction of sp³-hybridized carbons (Fsp3) is 0.167. The minimum absolute atomic E-state index is 0.0465. The average Bonchev–Trinajstić information content (AvgIpc) is 3.20. The van der Waals surface area contributed by atoms with Crippen LogP contribution in [0.4, 0.5) is 14.6 Å². The molecule has 0 bridgehead atoms. The van der Waals surface area contributed by atoms with Crippen LogP contribution in [0.2, 0.25) is 0 Å². The molecule has 0 aliphatic carbocycles. The van der Waals surface area contributed by atoms with E-state index in [9.17, 15) is 13.6 Å². The third-order valence-corrected chi connectivity index (χ3v) is 4.72. The molecule has 9 heteroatoms. The highest BCUT2D eigenvalue weighted by molar-refractivity contribution is 6.00. The second kappa shape index (κ2) is 10.6. The molecule has 7 nitrogen and oxygen atoms in total. The molecule has 2 N–H and O–H groups in total. The Hall–Kier alpha value is -3.98. The van der Waals surface area contributed by atoms with Crippen molar-refractivity contribution >= 4 is 22.6 Å². The minimum Gasteiger partial charge on any atom is -0.489 e. The van der Waals surface area contributed by atoms with Gasteiger partial charge in [0.2, 0.25) is 0 Å². The smallest absolute Gasteiger partial charge is 0.387 e. The first-order valence-electron chi connectivity index (χ1n) is 10.1. The number of halogens is 2. The van der Waals surface area contributed by atoms with Gasteiger partial charge in [0.05, 0.1) is 12.1 Å². The number of nitrogens with zero attached hydrogens (tertiary/aromatic N) is 1. The molecule has 0 aliphatic heterocycles. The molecular weight excluding hydrogens is 432 g/mol. The second-order valence-corrected chi connectivity index (χ2v) is 7.08. The SMILES string of the molecule is O=C(COCc1ccccc1)Nc1n[nH]c2cc(OCc3ccccc3OC(F)F)ccc12. The number of ether oxygens (including phenoxy) is 3. The van der Waals surface area contributed by atoms with Gasteiger partial charge < -0.3 is 19.5 Å². The third-order valence-electron chi connectivity index (χ3n) is 4.72. The van der Waals surface area contributed by atoms with E-state index in [-0.39, 0.29) is 24.9 Å². The number of H-pyrrole nitrogens is 1. The Morgan fingerprint density at radius 3 is 2.61 bits per heavy atom. The van der Waals surface area contributed by atoms with Crippen molar-refractivity contribution < 1.29 is 27.8 Å². The molecule has 1 aromatic heterocycles. The molecule has 0 fully saturated rings. The summed E-state index contributed by atoms with van der Waals surface area (Å²) in [6, 6.07) is 21.2. The standard InChI is InChI=1S/C24H21F2N3O4/c25-24(26)33-21-9-5-4-8-17(21)14-32-18-10-11-19-20(12-18)28-29-23(19)27-22(30)15-31-13-16-6-2-1-3-7-16/h1-12,24H,13-15H2,(H2,27,28,29,30). The Bertz CT molecular complexity index is 1210. The normalized spacial score (nSPS) is 11.0. The van der Waals surface area contributed by atoms with Gasteiger partial charge in [-0.15, -0.1) is 0 Å². The van der Waals surface area contributed by atoms with Gasteiger partial charge in [0.25, 0.3) is 5.91 Å². The van der Waals surface area contributed by atoms with Crippen molar-refractivity contribution in [1.29, 1.82) is 0 Å². The van der Waals surface area contributed by atoms with E-state index in [1.165, 1.54) is 6.07 Å². The topological polar surface area (TPSA) is 85.5 Å². The summed E-state index contributed by atoms with van der Waals surface area (Å²) >= 11 is 0. The zero-order valence-electron chi connectivity index (χ0n) is 17.5. The quantitative estimate of drug-likeness (QED) is 0.357. The monoisotopic (exact) mass is 453 g/mol. The van der Waals surface area contributed by atoms with Crippen LogP contribution in [0.1, 0.15) is 11.1 Å². The third kappa shape index (κ3) is 6.05. The predicted octanol–water partition coefficient (Wildman–Crippen LogP) is 4.90. The summed E-state index contributed by atoms with van der Waals surface area (Å²) in [5.74, 6) is 0.618. The van der Waals surface area contributed by atoms with E-state index in [1.54, 1.807) is 36.4 Å². The van der Waals surface area contributed by atoms with Crippen LogP contribution in [0.25, 0.3) is 10.9 Å². The second-order valence-electron chi connectivity index (χ2n) is 7.08. The number of fused-ring (bicyclic) bond motifs is 1. The van der Waals surface area contributed by atoms with Crippen molar-refractivity contribution in [3.8, 4) is 11.5 Å². The first kappa shape index (κ1) is 22.2. The van der Waals surface area contributed by atoms with Gasteiger partial charge in [0, 0.05) is 17.0 Å². The number of para-hydroxylation sites is 1. The number of nitrogens with one attached hydrogen (secondary N) is 2. The van der Waals surface area contributed by atoms with Gasteiger partial charge in [0.1, 0.15) is 24.7 Å². The molecule has 0 unspecified atom stereocenters. The van der Waals surface area contributed by atoms with E-state index in [0.717, 1.165) is 5.56 Å². The Kier molecular flexibility index (Phi) is 7.11. The molecule has 0 spiro atoms. The van der Waals surface area contributed by atoms with E-state index in [2.05, 4.69) is 20.3 Å². The van der Waals surface area contributed by atoms with E-state index >= 15 is 0 Å². The van der Waals surface area contributed by atoms with E-state index < -0.39 is 6.61 Å². The summed E-state index contributed by atoms with van der Waals surface area (Å²) in [4.78, 5) is 12.2. The number of alkyl halides is 2. The lowest BCUT2D eigenvalue weighted by Crippen LogP contribution is -2.18. The van der Waals surface area contributed by atoms with Crippen LogP contribution in [0.3, 0.4) is 0 Å². The van der Waals surface area contributed by atoms with Crippen molar-refractivity contribution in [2.45, 2.75) is 19.8 Å². The lowest BCUT2D eigenvalue weighted by molar-refractivity contribution is -0.121. The first-order valence-corrected chi connectivity index (χ1v) is 10.1. The highest BCUT2D eigenvalue weighted by Gasteiger charge is 2.12. The fourth-order valence-corrected chi connectivity index (χ4v) is 3.18. The molecule has 1 amide bonds. The Balaban J connectivity index is 1.34. The maximum atomic E-state index is 12.6. The highest BCUT2D eigenvalue weighted by atomic mass is 19.3. The summed E-state index contributed by atoms with van der Waals surface area (Å²) in [5.41, 5.74) is 2.11. The van der Waals surface area contributed by atoms with E-state index in [4.69, 9.17) is 9.47 Å². The van der Waals surface area contributed by atoms with Crippen molar-refractivity contribution in [3.05, 3.63) is 83.9 Å². The lowest BCUT2D eigenvalue weighted by Gasteiger charge is -2.11. The maximum absolute atomic E-state index is 12.6. The summed E-state index contributed by atoms with van der Waals surface area (Å²) in [6.45, 7) is -2.64. The number of amides is 1. The van der Waals surface area contributed by atoms with Gasteiger partial charge >= 0.3 is 6.61 Å². The number of carbonyl (C=O) groups is 1. The van der Waals surface area contributed by atoms with Crippen LogP contribution in [-0.4, -0.2) is 29.3 Å². The maximum Gasteiger partial charge on any atom is 0.387 e. The Morgan fingerprint density at radius 2 is 1.79 bits per heavy atom. The molecular formula is C24H21F2N3O4. The molecule has 170 valence electrons. The van der Waals surface area contributed by atoms with Gasteiger partial charge in [-0.25, -0.2) is 0 Å². The van der Waals surface area contributed by atoms with Gasteiger partial charge in [-0.3, -0.25) is 9.89 Å². The van der Waals surface area contributed by atoms with Crippen LogP contribution in [0.15, 0.2) is 72.8 Å². The minimum atomic E-state index is -2.91. The number of carbonyl (C=O) groups excluding carboxylic acids is 1. The summed E-state index contributed by atoms with van der Waals surface area (Å²) in [6.07, 6.45) is 0. The molecule has 3 aromatic carbocycles. The molecule has 4 aromatic rings. The number of aromatic nitrogens is 2. The number of hydrogen-bond acceptors (Lipinski definition) is 5. The zero-order valence-corrected chi connectivity index (χ0v) is 17.5. The highest BCUT2D eigenvalue weighted by Crippen LogP contribution is 2.27. The van der Waals surface area contributed by atoms with E-state index in [0.29, 0.717) is 34.6 Å². The van der Waals surface area contributed by atoms with Crippen molar-refractivity contribution in [1.82, 2.24) is 10.2 Å². The largest absolute Gasteiger partial charge is 0.489 e. The number of hydrogen-bond donors (Lipinski definition) is 2. The number of benzene rings is 3.